The largest absolute Gasteiger partial charge is 0.346 e. The van der Waals surface area contributed by atoms with Crippen molar-refractivity contribution in [2.24, 2.45) is 16.8 Å². The monoisotopic (exact) mass is 418 g/mol. The Morgan fingerprint density at radius 1 is 1.07 bits per heavy atom. The fraction of sp³-hybridized carbons (Fsp3) is 0.462. The Labute approximate surface area is 182 Å². The molecule has 0 radical (unpaired) electrons. The molecule has 2 heterocycles. The van der Waals surface area contributed by atoms with Crippen LogP contribution in [0, 0.1) is 32.6 Å². The van der Waals surface area contributed by atoms with E-state index in [-0.39, 0.29) is 5.91 Å². The van der Waals surface area contributed by atoms with E-state index in [1.165, 1.54) is 58.3 Å². The summed E-state index contributed by atoms with van der Waals surface area (Å²) >= 11 is 1.70. The van der Waals surface area contributed by atoms with E-state index in [0.717, 1.165) is 22.0 Å². The van der Waals surface area contributed by atoms with E-state index in [0.29, 0.717) is 5.92 Å². The summed E-state index contributed by atoms with van der Waals surface area (Å²) in [4.78, 5) is 23.7. The third-order valence-corrected chi connectivity index (χ3v) is 8.65. The van der Waals surface area contributed by atoms with Gasteiger partial charge in [0.15, 0.2) is 0 Å². The lowest BCUT2D eigenvalue weighted by molar-refractivity contribution is -0.122. The number of aryl methyl sites for hydroxylation is 3. The molecule has 2 unspecified atom stereocenters. The van der Waals surface area contributed by atoms with Crippen LogP contribution in [0.2, 0.25) is 0 Å². The van der Waals surface area contributed by atoms with Gasteiger partial charge in [0.2, 0.25) is 0 Å². The Bertz CT molecular complexity index is 1170. The molecule has 1 aromatic carbocycles. The second kappa shape index (κ2) is 6.91. The fourth-order valence-electron chi connectivity index (χ4n) is 5.21. The van der Waals surface area contributed by atoms with E-state index >= 15 is 0 Å². The van der Waals surface area contributed by atoms with Crippen molar-refractivity contribution in [3.05, 3.63) is 45.8 Å². The number of hydrogen-bond donors (Lipinski definition) is 1. The topological polar surface area (TPSA) is 45.2 Å². The summed E-state index contributed by atoms with van der Waals surface area (Å²) in [6.45, 7) is 10.5. The van der Waals surface area contributed by atoms with E-state index in [4.69, 9.17) is 0 Å². The molecule has 4 heteroatoms. The molecule has 2 aliphatic carbocycles. The van der Waals surface area contributed by atoms with Crippen LogP contribution in [0.5, 0.6) is 0 Å². The molecule has 0 spiro atoms. The van der Waals surface area contributed by atoms with Crippen molar-refractivity contribution < 1.29 is 4.79 Å². The minimum absolute atomic E-state index is 0.0149. The second-order valence-corrected chi connectivity index (χ2v) is 10.9. The van der Waals surface area contributed by atoms with Gasteiger partial charge in [0.25, 0.3) is 5.91 Å². The first-order chi connectivity index (χ1) is 14.2. The summed E-state index contributed by atoms with van der Waals surface area (Å²) in [6, 6.07) is 8.87. The fourth-order valence-corrected chi connectivity index (χ4v) is 6.42. The molecule has 0 bridgehead atoms. The Balaban J connectivity index is 1.47. The van der Waals surface area contributed by atoms with Gasteiger partial charge in [0.05, 0.1) is 11.1 Å². The van der Waals surface area contributed by atoms with Crippen LogP contribution in [-0.2, 0) is 10.2 Å². The number of hydrogen-bond acceptors (Lipinski definition) is 2. The molecule has 2 fully saturated rings. The number of H-pyrrole nitrogens is 1. The predicted molar refractivity (Wildman–Crippen MR) is 127 cm³/mol. The van der Waals surface area contributed by atoms with Crippen LogP contribution in [0.25, 0.3) is 21.5 Å². The van der Waals surface area contributed by atoms with Gasteiger partial charge in [-0.15, -0.1) is 11.3 Å². The molecule has 2 aromatic heterocycles. The summed E-state index contributed by atoms with van der Waals surface area (Å²) in [6.07, 6.45) is 4.78. The number of aromatic amines is 1. The lowest BCUT2D eigenvalue weighted by Gasteiger charge is -2.30. The van der Waals surface area contributed by atoms with Crippen LogP contribution in [0.1, 0.15) is 61.1 Å². The molecule has 5 rings (SSSR count). The van der Waals surface area contributed by atoms with Crippen LogP contribution in [0.3, 0.4) is 0 Å². The van der Waals surface area contributed by atoms with Crippen LogP contribution in [-0.4, -0.2) is 16.6 Å². The van der Waals surface area contributed by atoms with Gasteiger partial charge in [0.1, 0.15) is 4.83 Å². The molecule has 1 amide bonds. The highest BCUT2D eigenvalue weighted by Crippen LogP contribution is 2.46. The average molecular weight is 419 g/mol. The maximum absolute atomic E-state index is 13.2. The lowest BCUT2D eigenvalue weighted by atomic mass is 9.76. The number of rotatable bonds is 3. The first-order valence-electron chi connectivity index (χ1n) is 11.1. The first kappa shape index (κ1) is 19.7. The number of aliphatic imine (C=N–C) groups is 1. The predicted octanol–water partition coefficient (Wildman–Crippen LogP) is 6.89. The van der Waals surface area contributed by atoms with Crippen LogP contribution < -0.4 is 0 Å². The van der Waals surface area contributed by atoms with E-state index in [2.05, 4.69) is 55.0 Å². The minimum Gasteiger partial charge on any atom is -0.346 e. The third kappa shape index (κ3) is 3.08. The van der Waals surface area contributed by atoms with Crippen LogP contribution >= 0.6 is 11.3 Å². The Hall–Kier alpha value is -2.20. The number of fused-ring (bicyclic) bond motifs is 2. The van der Waals surface area contributed by atoms with Crippen LogP contribution in [0.15, 0.2) is 29.3 Å². The highest BCUT2D eigenvalue weighted by atomic mass is 32.1. The highest BCUT2D eigenvalue weighted by Gasteiger charge is 2.41. The SMILES string of the molecule is Cc1cc(C)cc(-c2[nH]c3sc(C(C)(C)C(=O)N=C4CCC5CCC45)cc3c2C)c1. The average Bonchev–Trinajstić information content (AvgIpc) is 3.27. The Morgan fingerprint density at radius 2 is 1.80 bits per heavy atom. The van der Waals surface area contributed by atoms with Crippen molar-refractivity contribution in [1.82, 2.24) is 4.98 Å². The highest BCUT2D eigenvalue weighted by molar-refractivity contribution is 7.19. The van der Waals surface area contributed by atoms with Gasteiger partial charge in [0, 0.05) is 21.9 Å². The third-order valence-electron chi connectivity index (χ3n) is 7.27. The summed E-state index contributed by atoms with van der Waals surface area (Å²) in [5.41, 5.74) is 6.78. The van der Waals surface area contributed by atoms with Crippen molar-refractivity contribution in [3.63, 3.8) is 0 Å². The summed E-state index contributed by atoms with van der Waals surface area (Å²) < 4.78 is 0. The molecule has 3 nitrogen and oxygen atoms in total. The maximum atomic E-state index is 13.2. The molecular formula is C26H30N2OS. The molecule has 0 aliphatic heterocycles. The second-order valence-electron chi connectivity index (χ2n) is 9.87. The summed E-state index contributed by atoms with van der Waals surface area (Å²) in [5, 5.41) is 1.22. The zero-order chi connectivity index (χ0) is 21.2. The van der Waals surface area contributed by atoms with Crippen molar-refractivity contribution in [3.8, 4) is 11.3 Å². The zero-order valence-electron chi connectivity index (χ0n) is 18.6. The molecule has 1 N–H and O–H groups in total. The molecule has 156 valence electrons. The number of nitrogens with one attached hydrogen (secondary N) is 1. The van der Waals surface area contributed by atoms with E-state index in [1.807, 2.05) is 13.8 Å². The van der Waals surface area contributed by atoms with Gasteiger partial charge in [-0.1, -0.05) is 17.2 Å². The van der Waals surface area contributed by atoms with Gasteiger partial charge >= 0.3 is 0 Å². The van der Waals surface area contributed by atoms with Gasteiger partial charge in [-0.05, 0) is 95.5 Å². The Morgan fingerprint density at radius 3 is 2.40 bits per heavy atom. The molecule has 3 aromatic rings. The van der Waals surface area contributed by atoms with Crippen molar-refractivity contribution in [2.45, 2.75) is 65.7 Å². The quantitative estimate of drug-likeness (QED) is 0.495. The molecule has 2 atom stereocenters. The van der Waals surface area contributed by atoms with E-state index in [9.17, 15) is 4.79 Å². The lowest BCUT2D eigenvalue weighted by Crippen LogP contribution is -2.30. The Kier molecular flexibility index (Phi) is 4.55. The van der Waals surface area contributed by atoms with Crippen molar-refractivity contribution in [2.75, 3.05) is 0 Å². The van der Waals surface area contributed by atoms with Crippen molar-refractivity contribution in [1.29, 1.82) is 0 Å². The van der Waals surface area contributed by atoms with E-state index < -0.39 is 5.41 Å². The van der Waals surface area contributed by atoms with Crippen LogP contribution in [0.4, 0.5) is 0 Å². The summed E-state index contributed by atoms with van der Waals surface area (Å²) in [5.74, 6) is 1.40. The first-order valence-corrected chi connectivity index (χ1v) is 11.9. The number of carbonyl (C=O) groups excluding carboxylic acids is 1. The molecule has 2 saturated carbocycles. The minimum atomic E-state index is -0.591. The standard InChI is InChI=1S/C26H30N2OS/c1-14-10-15(2)12-18(11-14)23-16(3)20-13-22(30-24(20)28-23)26(4,5)25(29)27-21-9-7-17-6-8-19(17)21/h10-13,17,19,28H,6-9H2,1-5H3. The van der Waals surface area contributed by atoms with Crippen molar-refractivity contribution >= 4 is 33.2 Å². The zero-order valence-corrected chi connectivity index (χ0v) is 19.4. The molecule has 2 aliphatic rings. The molecular weight excluding hydrogens is 388 g/mol. The van der Waals surface area contributed by atoms with Gasteiger partial charge < -0.3 is 4.98 Å². The van der Waals surface area contributed by atoms with Gasteiger partial charge in [-0.25, -0.2) is 4.99 Å². The normalized spacial score (nSPS) is 22.5. The number of amides is 1. The smallest absolute Gasteiger partial charge is 0.256 e. The number of thiophene rings is 1. The van der Waals surface area contributed by atoms with Gasteiger partial charge in [-0.3, -0.25) is 4.79 Å². The maximum Gasteiger partial charge on any atom is 0.256 e. The van der Waals surface area contributed by atoms with Gasteiger partial charge in [-0.2, -0.15) is 0 Å². The number of aromatic nitrogens is 1. The number of nitrogens with zero attached hydrogens (tertiary/aromatic N) is 1. The van der Waals surface area contributed by atoms with E-state index in [1.54, 1.807) is 11.3 Å². The number of carbonyl (C=O) groups is 1. The molecule has 30 heavy (non-hydrogen) atoms. The number of benzene rings is 1. The molecule has 0 saturated heterocycles. The summed E-state index contributed by atoms with van der Waals surface area (Å²) in [7, 11) is 0.